The van der Waals surface area contributed by atoms with Crippen molar-refractivity contribution in [3.05, 3.63) is 53.3 Å². The van der Waals surface area contributed by atoms with Crippen molar-refractivity contribution in [2.45, 2.75) is 17.6 Å². The Morgan fingerprint density at radius 1 is 1.33 bits per heavy atom. The third kappa shape index (κ3) is 3.02. The lowest BCUT2D eigenvalue weighted by molar-refractivity contribution is 1.22. The van der Waals surface area contributed by atoms with E-state index in [1.807, 2.05) is 36.4 Å². The number of thioether (sulfide) groups is 1. The van der Waals surface area contributed by atoms with Gasteiger partial charge in [-0.15, -0.1) is 11.8 Å². The summed E-state index contributed by atoms with van der Waals surface area (Å²) in [6.07, 6.45) is 1.67. The van der Waals surface area contributed by atoms with E-state index in [2.05, 4.69) is 11.9 Å². The molecule has 2 N–H and O–H groups in total. The molecule has 0 spiro atoms. The number of aryl methyl sites for hydroxylation is 1. The summed E-state index contributed by atoms with van der Waals surface area (Å²) in [5.41, 5.74) is 9.31. The van der Waals surface area contributed by atoms with E-state index in [4.69, 9.17) is 11.0 Å². The van der Waals surface area contributed by atoms with Gasteiger partial charge in [0.05, 0.1) is 0 Å². The van der Waals surface area contributed by atoms with Gasteiger partial charge in [-0.3, -0.25) is 0 Å². The van der Waals surface area contributed by atoms with Crippen molar-refractivity contribution < 1.29 is 0 Å². The molecular formula is C14H13N3S. The van der Waals surface area contributed by atoms with Crippen LogP contribution < -0.4 is 5.73 Å². The van der Waals surface area contributed by atoms with Gasteiger partial charge in [0.25, 0.3) is 0 Å². The van der Waals surface area contributed by atoms with Gasteiger partial charge in [0.1, 0.15) is 11.8 Å². The minimum Gasteiger partial charge on any atom is -0.399 e. The summed E-state index contributed by atoms with van der Waals surface area (Å²) in [4.78, 5) is 5.13. The number of pyridine rings is 1. The number of hydrogen-bond donors (Lipinski definition) is 1. The van der Waals surface area contributed by atoms with Crippen molar-refractivity contribution in [2.75, 3.05) is 5.73 Å². The molecule has 0 aliphatic heterocycles. The fourth-order valence-corrected chi connectivity index (χ4v) is 2.58. The SMILES string of the molecule is Cc1ccc(N)cc1SCc1ccnc(C#N)c1. The highest BCUT2D eigenvalue weighted by molar-refractivity contribution is 7.98. The van der Waals surface area contributed by atoms with Crippen molar-refractivity contribution in [3.8, 4) is 6.07 Å². The smallest absolute Gasteiger partial charge is 0.140 e. The van der Waals surface area contributed by atoms with Gasteiger partial charge in [0, 0.05) is 22.5 Å². The van der Waals surface area contributed by atoms with Crippen LogP contribution >= 0.6 is 11.8 Å². The minimum absolute atomic E-state index is 0.456. The first-order chi connectivity index (χ1) is 8.69. The highest BCUT2D eigenvalue weighted by Crippen LogP contribution is 2.27. The maximum Gasteiger partial charge on any atom is 0.140 e. The van der Waals surface area contributed by atoms with E-state index in [0.29, 0.717) is 5.69 Å². The highest BCUT2D eigenvalue weighted by atomic mass is 32.2. The molecule has 1 heterocycles. The monoisotopic (exact) mass is 255 g/mol. The van der Waals surface area contributed by atoms with E-state index in [1.165, 1.54) is 10.5 Å². The summed E-state index contributed by atoms with van der Waals surface area (Å²) >= 11 is 1.72. The zero-order valence-corrected chi connectivity index (χ0v) is 10.9. The Bertz CT molecular complexity index is 602. The molecule has 0 amide bonds. The Hall–Kier alpha value is -1.99. The second kappa shape index (κ2) is 5.56. The lowest BCUT2D eigenvalue weighted by Gasteiger charge is -2.06. The van der Waals surface area contributed by atoms with Crippen LogP contribution in [0.2, 0.25) is 0 Å². The van der Waals surface area contributed by atoms with Gasteiger partial charge in [-0.1, -0.05) is 6.07 Å². The molecule has 0 bridgehead atoms. The quantitative estimate of drug-likeness (QED) is 0.676. The van der Waals surface area contributed by atoms with Gasteiger partial charge in [-0.25, -0.2) is 4.98 Å². The summed E-state index contributed by atoms with van der Waals surface area (Å²) in [5, 5.41) is 8.79. The molecule has 0 saturated heterocycles. The number of nitrogens with two attached hydrogens (primary N) is 1. The van der Waals surface area contributed by atoms with Crippen molar-refractivity contribution >= 4 is 17.4 Å². The third-order valence-electron chi connectivity index (χ3n) is 2.55. The molecular weight excluding hydrogens is 242 g/mol. The molecule has 0 radical (unpaired) electrons. The molecule has 0 aliphatic carbocycles. The van der Waals surface area contributed by atoms with E-state index >= 15 is 0 Å². The Balaban J connectivity index is 2.11. The number of nitrogen functional groups attached to an aromatic ring is 1. The molecule has 2 aromatic rings. The fourth-order valence-electron chi connectivity index (χ4n) is 1.56. The summed E-state index contributed by atoms with van der Waals surface area (Å²) < 4.78 is 0. The lowest BCUT2D eigenvalue weighted by atomic mass is 10.2. The molecule has 90 valence electrons. The second-order valence-electron chi connectivity index (χ2n) is 3.97. The predicted molar refractivity (Wildman–Crippen MR) is 74.1 cm³/mol. The molecule has 1 aromatic heterocycles. The standard InChI is InChI=1S/C14H13N3S/c1-10-2-3-12(16)7-14(10)18-9-11-4-5-17-13(6-11)8-15/h2-7H,9,16H2,1H3. The first kappa shape index (κ1) is 12.5. The van der Waals surface area contributed by atoms with Crippen LogP contribution in [0, 0.1) is 18.3 Å². The van der Waals surface area contributed by atoms with E-state index in [1.54, 1.807) is 18.0 Å². The largest absolute Gasteiger partial charge is 0.399 e. The van der Waals surface area contributed by atoms with Crippen LogP contribution in [0.3, 0.4) is 0 Å². The number of anilines is 1. The topological polar surface area (TPSA) is 62.7 Å². The summed E-state index contributed by atoms with van der Waals surface area (Å²) in [6, 6.07) is 11.7. The van der Waals surface area contributed by atoms with Crippen LogP contribution in [0.15, 0.2) is 41.4 Å². The van der Waals surface area contributed by atoms with Gasteiger partial charge in [-0.2, -0.15) is 5.26 Å². The van der Waals surface area contributed by atoms with E-state index < -0.39 is 0 Å². The fraction of sp³-hybridized carbons (Fsp3) is 0.143. The number of hydrogen-bond acceptors (Lipinski definition) is 4. The zero-order chi connectivity index (χ0) is 13.0. The van der Waals surface area contributed by atoms with Crippen molar-refractivity contribution in [2.24, 2.45) is 0 Å². The third-order valence-corrected chi connectivity index (χ3v) is 3.77. The van der Waals surface area contributed by atoms with Crippen molar-refractivity contribution in [1.29, 1.82) is 5.26 Å². The molecule has 4 heteroatoms. The van der Waals surface area contributed by atoms with E-state index in [0.717, 1.165) is 17.0 Å². The van der Waals surface area contributed by atoms with Gasteiger partial charge in [-0.05, 0) is 42.3 Å². The van der Waals surface area contributed by atoms with Gasteiger partial charge >= 0.3 is 0 Å². The minimum atomic E-state index is 0.456. The van der Waals surface area contributed by atoms with Crippen molar-refractivity contribution in [3.63, 3.8) is 0 Å². The van der Waals surface area contributed by atoms with Crippen molar-refractivity contribution in [1.82, 2.24) is 4.98 Å². The Morgan fingerprint density at radius 3 is 2.94 bits per heavy atom. The Morgan fingerprint density at radius 2 is 2.17 bits per heavy atom. The number of benzene rings is 1. The molecule has 18 heavy (non-hydrogen) atoms. The van der Waals surface area contributed by atoms with E-state index in [-0.39, 0.29) is 0 Å². The maximum atomic E-state index is 8.79. The van der Waals surface area contributed by atoms with Crippen LogP contribution in [0.25, 0.3) is 0 Å². The number of rotatable bonds is 3. The van der Waals surface area contributed by atoms with Gasteiger partial charge in [0.15, 0.2) is 0 Å². The first-order valence-electron chi connectivity index (χ1n) is 5.53. The van der Waals surface area contributed by atoms with Crippen LogP contribution in [0.5, 0.6) is 0 Å². The number of aromatic nitrogens is 1. The average molecular weight is 255 g/mol. The molecule has 1 aromatic carbocycles. The lowest BCUT2D eigenvalue weighted by Crippen LogP contribution is -1.89. The summed E-state index contributed by atoms with van der Waals surface area (Å²) in [7, 11) is 0. The Kier molecular flexibility index (Phi) is 3.85. The van der Waals surface area contributed by atoms with Gasteiger partial charge < -0.3 is 5.73 Å². The molecule has 0 aliphatic rings. The number of nitriles is 1. The number of nitrogens with zero attached hydrogens (tertiary/aromatic N) is 2. The first-order valence-corrected chi connectivity index (χ1v) is 6.51. The average Bonchev–Trinajstić information content (AvgIpc) is 2.40. The molecule has 3 nitrogen and oxygen atoms in total. The maximum absolute atomic E-state index is 8.79. The normalized spacial score (nSPS) is 10.0. The van der Waals surface area contributed by atoms with Crippen LogP contribution in [0.1, 0.15) is 16.8 Å². The van der Waals surface area contributed by atoms with Crippen LogP contribution in [0.4, 0.5) is 5.69 Å². The van der Waals surface area contributed by atoms with E-state index in [9.17, 15) is 0 Å². The molecule has 0 atom stereocenters. The zero-order valence-electron chi connectivity index (χ0n) is 10.1. The Labute approximate surface area is 111 Å². The van der Waals surface area contributed by atoms with Crippen LogP contribution in [-0.4, -0.2) is 4.98 Å². The summed E-state index contributed by atoms with van der Waals surface area (Å²) in [6.45, 7) is 2.06. The van der Waals surface area contributed by atoms with Gasteiger partial charge in [0.2, 0.25) is 0 Å². The predicted octanol–water partition coefficient (Wildman–Crippen LogP) is 3.14. The molecule has 0 saturated carbocycles. The molecule has 0 fully saturated rings. The molecule has 2 rings (SSSR count). The summed E-state index contributed by atoms with van der Waals surface area (Å²) in [5.74, 6) is 0.807. The van der Waals surface area contributed by atoms with Crippen LogP contribution in [-0.2, 0) is 5.75 Å². The molecule has 0 unspecified atom stereocenters. The highest BCUT2D eigenvalue weighted by Gasteiger charge is 2.02. The second-order valence-corrected chi connectivity index (χ2v) is 4.99.